The molecule has 1 aromatic carbocycles. The third-order valence-electron chi connectivity index (χ3n) is 2.21. The Morgan fingerprint density at radius 1 is 1.44 bits per heavy atom. The Hall–Kier alpha value is -1.61. The molecular weight excluding hydrogens is 202 g/mol. The van der Waals surface area contributed by atoms with E-state index >= 15 is 0 Å². The predicted molar refractivity (Wildman–Crippen MR) is 65.1 cm³/mol. The fourth-order valence-electron chi connectivity index (χ4n) is 1.31. The van der Waals surface area contributed by atoms with Gasteiger partial charge in [-0.2, -0.15) is 0 Å². The molecule has 0 bridgehead atoms. The highest BCUT2D eigenvalue weighted by atomic mass is 16.5. The number of ether oxygens (including phenoxy) is 1. The number of nitrogens with one attached hydrogen (secondary N) is 1. The summed E-state index contributed by atoms with van der Waals surface area (Å²) in [6, 6.07) is 7.77. The van der Waals surface area contributed by atoms with Gasteiger partial charge in [-0.25, -0.2) is 0 Å². The highest BCUT2D eigenvalue weighted by Crippen LogP contribution is 2.05. The quantitative estimate of drug-likeness (QED) is 0.739. The first-order valence-corrected chi connectivity index (χ1v) is 5.23. The molecule has 86 valence electrons. The van der Waals surface area contributed by atoms with Gasteiger partial charge in [-0.3, -0.25) is 4.79 Å². The molecule has 0 spiro atoms. The van der Waals surface area contributed by atoms with Crippen molar-refractivity contribution < 1.29 is 9.53 Å². The highest BCUT2D eigenvalue weighted by molar-refractivity contribution is 5.78. The molecule has 0 aliphatic rings. The van der Waals surface area contributed by atoms with Gasteiger partial charge in [-0.05, 0) is 11.1 Å². The van der Waals surface area contributed by atoms with Crippen molar-refractivity contribution in [2.45, 2.75) is 6.42 Å². The van der Waals surface area contributed by atoms with Gasteiger partial charge >= 0.3 is 0 Å². The number of carbonyl (C=O) groups is 1. The van der Waals surface area contributed by atoms with Gasteiger partial charge in [0.25, 0.3) is 0 Å². The van der Waals surface area contributed by atoms with E-state index in [1.807, 2.05) is 24.3 Å². The van der Waals surface area contributed by atoms with Crippen molar-refractivity contribution in [2.75, 3.05) is 20.3 Å². The van der Waals surface area contributed by atoms with Crippen molar-refractivity contribution in [3.8, 4) is 0 Å². The molecule has 1 rings (SSSR count). The van der Waals surface area contributed by atoms with Crippen molar-refractivity contribution in [3.05, 3.63) is 42.0 Å². The van der Waals surface area contributed by atoms with Crippen LogP contribution in [0.2, 0.25) is 0 Å². The summed E-state index contributed by atoms with van der Waals surface area (Å²) in [5.41, 5.74) is 2.06. The van der Waals surface area contributed by atoms with Gasteiger partial charge in [0.15, 0.2) is 0 Å². The van der Waals surface area contributed by atoms with Crippen molar-refractivity contribution in [2.24, 2.45) is 0 Å². The molecule has 0 aliphatic heterocycles. The first-order chi connectivity index (χ1) is 7.76. The molecule has 0 radical (unpaired) electrons. The van der Waals surface area contributed by atoms with E-state index in [2.05, 4.69) is 11.9 Å². The number of hydrogen-bond acceptors (Lipinski definition) is 2. The summed E-state index contributed by atoms with van der Waals surface area (Å²) in [4.78, 5) is 11.5. The van der Waals surface area contributed by atoms with Crippen molar-refractivity contribution >= 4 is 12.0 Å². The average molecular weight is 219 g/mol. The molecule has 1 N–H and O–H groups in total. The van der Waals surface area contributed by atoms with E-state index in [4.69, 9.17) is 4.74 Å². The maximum atomic E-state index is 11.5. The summed E-state index contributed by atoms with van der Waals surface area (Å²) in [6.07, 6.45) is 2.18. The van der Waals surface area contributed by atoms with Gasteiger partial charge in [-0.15, -0.1) is 0 Å². The Bertz CT molecular complexity index is 343. The Balaban J connectivity index is 2.40. The summed E-state index contributed by atoms with van der Waals surface area (Å²) in [5, 5.41) is 2.78. The van der Waals surface area contributed by atoms with Gasteiger partial charge < -0.3 is 10.1 Å². The molecule has 3 nitrogen and oxygen atoms in total. The van der Waals surface area contributed by atoms with Crippen LogP contribution in [0.4, 0.5) is 0 Å². The summed E-state index contributed by atoms with van der Waals surface area (Å²) in [7, 11) is 1.61. The SMILES string of the molecule is C=Cc1ccc(CC(=O)NCCOC)cc1. The smallest absolute Gasteiger partial charge is 0.224 e. The lowest BCUT2D eigenvalue weighted by Crippen LogP contribution is -2.28. The summed E-state index contributed by atoms with van der Waals surface area (Å²) in [5.74, 6) is 0.0170. The second kappa shape index (κ2) is 6.80. The minimum Gasteiger partial charge on any atom is -0.383 e. The molecule has 0 fully saturated rings. The molecule has 0 unspecified atom stereocenters. The van der Waals surface area contributed by atoms with Crippen LogP contribution in [0.5, 0.6) is 0 Å². The highest BCUT2D eigenvalue weighted by Gasteiger charge is 2.01. The maximum absolute atomic E-state index is 11.5. The molecule has 0 saturated heterocycles. The van der Waals surface area contributed by atoms with Crippen LogP contribution >= 0.6 is 0 Å². The number of rotatable bonds is 6. The Morgan fingerprint density at radius 2 is 2.12 bits per heavy atom. The maximum Gasteiger partial charge on any atom is 0.224 e. The number of methoxy groups -OCH3 is 1. The summed E-state index contributed by atoms with van der Waals surface area (Å²) < 4.78 is 4.85. The molecule has 0 aromatic heterocycles. The van der Waals surface area contributed by atoms with Gasteiger partial charge in [-0.1, -0.05) is 36.9 Å². The molecule has 0 saturated carbocycles. The normalized spacial score (nSPS) is 9.81. The monoisotopic (exact) mass is 219 g/mol. The zero-order valence-corrected chi connectivity index (χ0v) is 9.53. The Kier molecular flexibility index (Phi) is 5.29. The van der Waals surface area contributed by atoms with Crippen molar-refractivity contribution in [3.63, 3.8) is 0 Å². The van der Waals surface area contributed by atoms with E-state index in [-0.39, 0.29) is 5.91 Å². The number of hydrogen-bond donors (Lipinski definition) is 1. The second-order valence-electron chi connectivity index (χ2n) is 3.47. The zero-order valence-electron chi connectivity index (χ0n) is 9.53. The van der Waals surface area contributed by atoms with Gasteiger partial charge in [0.1, 0.15) is 0 Å². The van der Waals surface area contributed by atoms with E-state index in [0.717, 1.165) is 11.1 Å². The van der Waals surface area contributed by atoms with Gasteiger partial charge in [0, 0.05) is 13.7 Å². The molecular formula is C13H17NO2. The Morgan fingerprint density at radius 3 is 2.69 bits per heavy atom. The van der Waals surface area contributed by atoms with Gasteiger partial charge in [0.05, 0.1) is 13.0 Å². The fourth-order valence-corrected chi connectivity index (χ4v) is 1.31. The van der Waals surface area contributed by atoms with Crippen LogP contribution in [0.15, 0.2) is 30.8 Å². The summed E-state index contributed by atoms with van der Waals surface area (Å²) >= 11 is 0. The lowest BCUT2D eigenvalue weighted by Gasteiger charge is -2.04. The first kappa shape index (κ1) is 12.5. The van der Waals surface area contributed by atoms with Crippen LogP contribution in [0.1, 0.15) is 11.1 Å². The van der Waals surface area contributed by atoms with E-state index < -0.39 is 0 Å². The molecule has 3 heteroatoms. The summed E-state index contributed by atoms with van der Waals surface area (Å²) in [6.45, 7) is 4.78. The van der Waals surface area contributed by atoms with Crippen LogP contribution < -0.4 is 5.32 Å². The van der Waals surface area contributed by atoms with E-state index in [1.165, 1.54) is 0 Å². The molecule has 1 aromatic rings. The fraction of sp³-hybridized carbons (Fsp3) is 0.308. The lowest BCUT2D eigenvalue weighted by atomic mass is 10.1. The van der Waals surface area contributed by atoms with Crippen molar-refractivity contribution in [1.82, 2.24) is 5.32 Å². The lowest BCUT2D eigenvalue weighted by molar-refractivity contribution is -0.120. The third-order valence-corrected chi connectivity index (χ3v) is 2.21. The largest absolute Gasteiger partial charge is 0.383 e. The number of carbonyl (C=O) groups excluding carboxylic acids is 1. The standard InChI is InChI=1S/C13H17NO2/c1-3-11-4-6-12(7-5-11)10-13(15)14-8-9-16-2/h3-7H,1,8-10H2,2H3,(H,14,15). The van der Waals surface area contributed by atoms with E-state index in [0.29, 0.717) is 19.6 Å². The second-order valence-corrected chi connectivity index (χ2v) is 3.47. The minimum absolute atomic E-state index is 0.0170. The molecule has 1 amide bonds. The van der Waals surface area contributed by atoms with Crippen LogP contribution in [0.25, 0.3) is 6.08 Å². The van der Waals surface area contributed by atoms with E-state index in [1.54, 1.807) is 13.2 Å². The first-order valence-electron chi connectivity index (χ1n) is 5.23. The molecule has 0 atom stereocenters. The zero-order chi connectivity index (χ0) is 11.8. The van der Waals surface area contributed by atoms with Crippen LogP contribution in [-0.4, -0.2) is 26.2 Å². The topological polar surface area (TPSA) is 38.3 Å². The van der Waals surface area contributed by atoms with Gasteiger partial charge in [0.2, 0.25) is 5.91 Å². The molecule has 0 aliphatic carbocycles. The predicted octanol–water partition coefficient (Wildman–Crippen LogP) is 1.63. The van der Waals surface area contributed by atoms with Crippen LogP contribution in [0, 0.1) is 0 Å². The molecule has 0 heterocycles. The van der Waals surface area contributed by atoms with Crippen LogP contribution in [0.3, 0.4) is 0 Å². The van der Waals surface area contributed by atoms with Crippen LogP contribution in [-0.2, 0) is 16.0 Å². The van der Waals surface area contributed by atoms with Crippen molar-refractivity contribution in [1.29, 1.82) is 0 Å². The minimum atomic E-state index is 0.0170. The number of amides is 1. The molecule has 16 heavy (non-hydrogen) atoms. The third kappa shape index (κ3) is 4.28. The van der Waals surface area contributed by atoms with E-state index in [9.17, 15) is 4.79 Å². The average Bonchev–Trinajstić information content (AvgIpc) is 2.30. The number of benzene rings is 1. The Labute approximate surface area is 96.1 Å².